The Hall–Kier alpha value is -1.61. The number of rotatable bonds is 7. The molecule has 2 N–H and O–H groups in total. The number of hydrogen-bond acceptors (Lipinski definition) is 3. The Labute approximate surface area is 115 Å². The number of benzene rings is 1. The van der Waals surface area contributed by atoms with Crippen molar-refractivity contribution in [2.75, 3.05) is 18.4 Å². The Kier molecular flexibility index (Phi) is 5.63. The molecule has 3 heteroatoms. The minimum absolute atomic E-state index is 0.984. The smallest absolute Gasteiger partial charge is 0.0471 e. The van der Waals surface area contributed by atoms with Crippen LogP contribution in [0.4, 0.5) is 5.69 Å². The van der Waals surface area contributed by atoms with Crippen molar-refractivity contribution in [2.45, 2.75) is 32.6 Å². The van der Waals surface area contributed by atoms with E-state index in [1.165, 1.54) is 25.0 Å². The van der Waals surface area contributed by atoms with Crippen LogP contribution in [0.3, 0.4) is 0 Å². The van der Waals surface area contributed by atoms with Crippen molar-refractivity contribution in [3.8, 4) is 0 Å². The van der Waals surface area contributed by atoms with Crippen molar-refractivity contribution in [3.63, 3.8) is 0 Å². The molecule has 1 aromatic carbocycles. The molecule has 0 aliphatic carbocycles. The fourth-order valence-corrected chi connectivity index (χ4v) is 2.11. The molecule has 0 atom stereocenters. The highest BCUT2D eigenvalue weighted by Crippen LogP contribution is 2.18. The van der Waals surface area contributed by atoms with Gasteiger partial charge < -0.3 is 10.6 Å². The van der Waals surface area contributed by atoms with Gasteiger partial charge in [0.05, 0.1) is 0 Å². The lowest BCUT2D eigenvalue weighted by molar-refractivity contribution is 0.616. The first kappa shape index (κ1) is 13.8. The van der Waals surface area contributed by atoms with E-state index in [0.29, 0.717) is 0 Å². The first-order chi connectivity index (χ1) is 9.40. The van der Waals surface area contributed by atoms with Crippen LogP contribution in [0.25, 0.3) is 0 Å². The summed E-state index contributed by atoms with van der Waals surface area (Å²) in [5, 5.41) is 6.94. The molecular weight excluding hydrogens is 234 g/mol. The van der Waals surface area contributed by atoms with Crippen LogP contribution in [0.5, 0.6) is 0 Å². The van der Waals surface area contributed by atoms with Crippen LogP contribution in [-0.4, -0.2) is 19.3 Å². The van der Waals surface area contributed by atoms with Gasteiger partial charge in [-0.15, -0.1) is 0 Å². The van der Waals surface area contributed by atoms with Crippen LogP contribution in [-0.2, 0) is 0 Å². The summed E-state index contributed by atoms with van der Waals surface area (Å²) in [6.45, 7) is 4.34. The van der Waals surface area contributed by atoms with Gasteiger partial charge in [0.1, 0.15) is 0 Å². The fourth-order valence-electron chi connectivity index (χ4n) is 2.11. The van der Waals surface area contributed by atoms with Gasteiger partial charge in [0.15, 0.2) is 0 Å². The van der Waals surface area contributed by atoms with E-state index in [-0.39, 0.29) is 0 Å². The van der Waals surface area contributed by atoms with Gasteiger partial charge in [-0.2, -0.15) is 0 Å². The zero-order valence-corrected chi connectivity index (χ0v) is 11.7. The topological polar surface area (TPSA) is 36.4 Å². The number of unbranched alkanes of at least 4 members (excludes halogenated alkanes) is 2. The van der Waals surface area contributed by atoms with E-state index < -0.39 is 0 Å². The van der Waals surface area contributed by atoms with E-state index in [1.54, 1.807) is 0 Å². The first-order valence-corrected chi connectivity index (χ1v) is 7.19. The maximum absolute atomic E-state index is 4.34. The molecule has 0 aromatic heterocycles. The Morgan fingerprint density at radius 3 is 2.95 bits per heavy atom. The zero-order chi connectivity index (χ0) is 13.3. The molecule has 0 saturated heterocycles. The standard InChI is InChI=1S/C16H23N3/c1-2-3-6-10-17-11-9-15-13-18-12-14-7-4-5-8-16(14)19-15/h4-5,7-8,12-13,17,19H,2-3,6,9-11H2,1H3. The van der Waals surface area contributed by atoms with Crippen LogP contribution in [0.15, 0.2) is 41.2 Å². The lowest BCUT2D eigenvalue weighted by Crippen LogP contribution is -2.18. The third-order valence-corrected chi connectivity index (χ3v) is 3.23. The van der Waals surface area contributed by atoms with E-state index >= 15 is 0 Å². The Bertz CT molecular complexity index is 449. The number of para-hydroxylation sites is 1. The predicted octanol–water partition coefficient (Wildman–Crippen LogP) is 3.54. The summed E-state index contributed by atoms with van der Waals surface area (Å²) in [4.78, 5) is 4.34. The van der Waals surface area contributed by atoms with Crippen molar-refractivity contribution in [2.24, 2.45) is 4.99 Å². The van der Waals surface area contributed by atoms with E-state index in [0.717, 1.165) is 30.8 Å². The maximum Gasteiger partial charge on any atom is 0.0471 e. The zero-order valence-electron chi connectivity index (χ0n) is 11.7. The van der Waals surface area contributed by atoms with Crippen LogP contribution in [0.1, 0.15) is 38.2 Å². The van der Waals surface area contributed by atoms with Crippen LogP contribution in [0, 0.1) is 0 Å². The molecule has 1 aliphatic heterocycles. The molecule has 3 nitrogen and oxygen atoms in total. The molecule has 2 rings (SSSR count). The highest BCUT2D eigenvalue weighted by molar-refractivity contribution is 5.89. The summed E-state index contributed by atoms with van der Waals surface area (Å²) in [5.41, 5.74) is 3.45. The molecule has 1 aromatic rings. The normalized spacial score (nSPS) is 13.4. The van der Waals surface area contributed by atoms with Crippen LogP contribution >= 0.6 is 0 Å². The van der Waals surface area contributed by atoms with E-state index in [2.05, 4.69) is 34.7 Å². The molecule has 1 heterocycles. The van der Waals surface area contributed by atoms with E-state index in [1.807, 2.05) is 24.5 Å². The van der Waals surface area contributed by atoms with E-state index in [4.69, 9.17) is 0 Å². The average molecular weight is 257 g/mol. The monoisotopic (exact) mass is 257 g/mol. The minimum Gasteiger partial charge on any atom is -0.357 e. The summed E-state index contributed by atoms with van der Waals surface area (Å²) in [5.74, 6) is 0. The van der Waals surface area contributed by atoms with Crippen molar-refractivity contribution in [1.29, 1.82) is 0 Å². The molecule has 0 fully saturated rings. The first-order valence-electron chi connectivity index (χ1n) is 7.19. The molecule has 0 radical (unpaired) electrons. The SMILES string of the molecule is CCCCCNCCC1=CN=Cc2ccccc2N1. The Morgan fingerprint density at radius 2 is 2.05 bits per heavy atom. The summed E-state index contributed by atoms with van der Waals surface area (Å²) < 4.78 is 0. The second kappa shape index (κ2) is 7.74. The summed E-state index contributed by atoms with van der Waals surface area (Å²) >= 11 is 0. The van der Waals surface area contributed by atoms with Crippen molar-refractivity contribution in [3.05, 3.63) is 41.7 Å². The van der Waals surface area contributed by atoms with Crippen LogP contribution in [0.2, 0.25) is 0 Å². The molecule has 19 heavy (non-hydrogen) atoms. The van der Waals surface area contributed by atoms with Gasteiger partial charge >= 0.3 is 0 Å². The second-order valence-corrected chi connectivity index (χ2v) is 4.85. The number of nitrogens with zero attached hydrogens (tertiary/aromatic N) is 1. The molecule has 0 unspecified atom stereocenters. The van der Waals surface area contributed by atoms with Crippen molar-refractivity contribution < 1.29 is 0 Å². The Morgan fingerprint density at radius 1 is 1.16 bits per heavy atom. The fraction of sp³-hybridized carbons (Fsp3) is 0.438. The molecule has 0 saturated carbocycles. The number of hydrogen-bond donors (Lipinski definition) is 2. The van der Waals surface area contributed by atoms with Crippen molar-refractivity contribution in [1.82, 2.24) is 5.32 Å². The van der Waals surface area contributed by atoms with Gasteiger partial charge in [-0.25, -0.2) is 0 Å². The number of fused-ring (bicyclic) bond motifs is 1. The van der Waals surface area contributed by atoms with E-state index in [9.17, 15) is 0 Å². The third kappa shape index (κ3) is 4.52. The third-order valence-electron chi connectivity index (χ3n) is 3.23. The summed E-state index contributed by atoms with van der Waals surface area (Å²) in [6.07, 6.45) is 8.67. The number of anilines is 1. The quantitative estimate of drug-likeness (QED) is 0.733. The summed E-state index contributed by atoms with van der Waals surface area (Å²) in [6, 6.07) is 8.25. The summed E-state index contributed by atoms with van der Waals surface area (Å²) in [7, 11) is 0. The number of nitrogens with one attached hydrogen (secondary N) is 2. The molecule has 0 bridgehead atoms. The van der Waals surface area contributed by atoms with Crippen LogP contribution < -0.4 is 10.6 Å². The molecule has 0 spiro atoms. The predicted molar refractivity (Wildman–Crippen MR) is 82.8 cm³/mol. The van der Waals surface area contributed by atoms with Gasteiger partial charge in [-0.05, 0) is 19.0 Å². The molecular formula is C16H23N3. The van der Waals surface area contributed by atoms with Gasteiger partial charge in [-0.1, -0.05) is 38.0 Å². The average Bonchev–Trinajstić information content (AvgIpc) is 2.64. The Balaban J connectivity index is 1.77. The molecule has 1 aliphatic rings. The lowest BCUT2D eigenvalue weighted by atomic mass is 10.2. The van der Waals surface area contributed by atoms with Crippen molar-refractivity contribution >= 4 is 11.9 Å². The van der Waals surface area contributed by atoms with Gasteiger partial charge in [-0.3, -0.25) is 4.99 Å². The van der Waals surface area contributed by atoms with Gasteiger partial charge in [0.25, 0.3) is 0 Å². The number of aliphatic imine (C=N–C) groups is 1. The lowest BCUT2D eigenvalue weighted by Gasteiger charge is -2.11. The van der Waals surface area contributed by atoms with Gasteiger partial charge in [0, 0.05) is 42.3 Å². The minimum atomic E-state index is 0.984. The molecule has 0 amide bonds. The maximum atomic E-state index is 4.34. The second-order valence-electron chi connectivity index (χ2n) is 4.85. The molecule has 102 valence electrons. The highest BCUT2D eigenvalue weighted by Gasteiger charge is 2.05. The highest BCUT2D eigenvalue weighted by atomic mass is 14.9. The largest absolute Gasteiger partial charge is 0.357 e. The van der Waals surface area contributed by atoms with Gasteiger partial charge in [0.2, 0.25) is 0 Å².